The summed E-state index contributed by atoms with van der Waals surface area (Å²) < 4.78 is 0. The first-order valence-corrected chi connectivity index (χ1v) is 7.08. The van der Waals surface area contributed by atoms with E-state index in [1.54, 1.807) is 7.05 Å². The summed E-state index contributed by atoms with van der Waals surface area (Å²) in [6, 6.07) is -0.403. The van der Waals surface area contributed by atoms with Gasteiger partial charge in [0.25, 0.3) is 5.91 Å². The molecule has 0 unspecified atom stereocenters. The predicted molar refractivity (Wildman–Crippen MR) is 73.9 cm³/mol. The molecule has 110 valence electrons. The van der Waals surface area contributed by atoms with Crippen molar-refractivity contribution in [2.24, 2.45) is 0 Å². The first kappa shape index (κ1) is 14.6. The van der Waals surface area contributed by atoms with E-state index in [4.69, 9.17) is 0 Å². The van der Waals surface area contributed by atoms with E-state index < -0.39 is 6.03 Å². The van der Waals surface area contributed by atoms with Crippen molar-refractivity contribution in [3.05, 3.63) is 11.6 Å². The number of nitrogens with zero attached hydrogens (tertiary/aromatic N) is 2. The average molecular weight is 279 g/mol. The van der Waals surface area contributed by atoms with Crippen molar-refractivity contribution < 1.29 is 14.4 Å². The maximum atomic E-state index is 11.7. The first-order valence-electron chi connectivity index (χ1n) is 7.08. The van der Waals surface area contributed by atoms with E-state index in [0.717, 1.165) is 24.2 Å². The van der Waals surface area contributed by atoms with Crippen molar-refractivity contribution in [3.8, 4) is 0 Å². The molecule has 1 fully saturated rings. The van der Waals surface area contributed by atoms with Crippen LogP contribution in [0, 0.1) is 0 Å². The molecule has 1 N–H and O–H groups in total. The summed E-state index contributed by atoms with van der Waals surface area (Å²) in [7, 11) is 1.55. The van der Waals surface area contributed by atoms with Crippen molar-refractivity contribution in [1.82, 2.24) is 15.1 Å². The standard InChI is InChI=1S/C14H21N3O3/c1-16-10-13(19)17(14(16)20)9-12(18)15-8-7-11-5-3-2-4-6-11/h5H,2-4,6-10H2,1H3,(H,15,18). The van der Waals surface area contributed by atoms with Crippen molar-refractivity contribution >= 4 is 17.8 Å². The number of likely N-dealkylation sites (N-methyl/N-ethyl adjacent to an activating group) is 1. The van der Waals surface area contributed by atoms with Gasteiger partial charge in [-0.05, 0) is 32.1 Å². The van der Waals surface area contributed by atoms with Gasteiger partial charge >= 0.3 is 6.03 Å². The predicted octanol–water partition coefficient (Wildman–Crippen LogP) is 0.887. The van der Waals surface area contributed by atoms with Crippen LogP contribution in [0.2, 0.25) is 0 Å². The Morgan fingerprint density at radius 1 is 1.35 bits per heavy atom. The molecule has 1 saturated heterocycles. The molecule has 4 amide bonds. The summed E-state index contributed by atoms with van der Waals surface area (Å²) in [6.07, 6.45) is 7.83. The quantitative estimate of drug-likeness (QED) is 0.600. The van der Waals surface area contributed by atoms with Crippen molar-refractivity contribution in [2.75, 3.05) is 26.7 Å². The van der Waals surface area contributed by atoms with Crippen LogP contribution >= 0.6 is 0 Å². The van der Waals surface area contributed by atoms with E-state index in [1.807, 2.05) is 0 Å². The molecule has 1 heterocycles. The fourth-order valence-electron chi connectivity index (χ4n) is 2.52. The largest absolute Gasteiger partial charge is 0.354 e. The molecule has 6 heteroatoms. The lowest BCUT2D eigenvalue weighted by Gasteiger charge is -2.15. The molecule has 6 nitrogen and oxygen atoms in total. The highest BCUT2D eigenvalue weighted by Gasteiger charge is 2.34. The van der Waals surface area contributed by atoms with Crippen LogP contribution in [0.15, 0.2) is 11.6 Å². The number of amides is 4. The Labute approximate surface area is 118 Å². The normalized spacial score (nSPS) is 19.4. The Morgan fingerprint density at radius 2 is 2.15 bits per heavy atom. The smallest absolute Gasteiger partial charge is 0.327 e. The van der Waals surface area contributed by atoms with Crippen LogP contribution in [0.5, 0.6) is 0 Å². The lowest BCUT2D eigenvalue weighted by atomic mass is 9.97. The average Bonchev–Trinajstić information content (AvgIpc) is 2.67. The summed E-state index contributed by atoms with van der Waals surface area (Å²) in [6.45, 7) is 0.441. The number of carbonyl (C=O) groups excluding carboxylic acids is 3. The van der Waals surface area contributed by atoms with Gasteiger partial charge in [0.1, 0.15) is 13.1 Å². The molecule has 20 heavy (non-hydrogen) atoms. The second-order valence-electron chi connectivity index (χ2n) is 5.33. The number of hydrogen-bond donors (Lipinski definition) is 1. The number of urea groups is 1. The first-order chi connectivity index (χ1) is 9.58. The monoisotopic (exact) mass is 279 g/mol. The van der Waals surface area contributed by atoms with Gasteiger partial charge in [-0.25, -0.2) is 4.79 Å². The van der Waals surface area contributed by atoms with Gasteiger partial charge in [0, 0.05) is 13.6 Å². The maximum Gasteiger partial charge on any atom is 0.327 e. The Hall–Kier alpha value is -1.85. The zero-order valence-electron chi connectivity index (χ0n) is 11.9. The summed E-state index contributed by atoms with van der Waals surface area (Å²) in [4.78, 5) is 37.2. The van der Waals surface area contributed by atoms with Gasteiger partial charge < -0.3 is 10.2 Å². The van der Waals surface area contributed by atoms with Crippen LogP contribution in [0.4, 0.5) is 4.79 Å². The minimum absolute atomic E-state index is 0.0546. The number of hydrogen-bond acceptors (Lipinski definition) is 3. The minimum atomic E-state index is -0.403. The highest BCUT2D eigenvalue weighted by Crippen LogP contribution is 2.19. The van der Waals surface area contributed by atoms with E-state index >= 15 is 0 Å². The van der Waals surface area contributed by atoms with Crippen LogP contribution in [0.25, 0.3) is 0 Å². The lowest BCUT2D eigenvalue weighted by molar-refractivity contribution is -0.130. The Balaban J connectivity index is 1.71. The molecule has 1 aliphatic carbocycles. The summed E-state index contributed by atoms with van der Waals surface area (Å²) in [5.74, 6) is -0.596. The molecule has 0 aromatic rings. The topological polar surface area (TPSA) is 69.7 Å². The molecule has 0 atom stereocenters. The molecule has 0 aromatic carbocycles. The summed E-state index contributed by atoms with van der Waals surface area (Å²) in [5.41, 5.74) is 1.39. The Bertz CT molecular complexity index is 445. The molecule has 0 bridgehead atoms. The van der Waals surface area contributed by atoms with E-state index in [1.165, 1.54) is 23.3 Å². The second-order valence-corrected chi connectivity index (χ2v) is 5.33. The number of imide groups is 1. The van der Waals surface area contributed by atoms with Gasteiger partial charge in [-0.1, -0.05) is 11.6 Å². The van der Waals surface area contributed by atoms with Crippen LogP contribution in [0.3, 0.4) is 0 Å². The van der Waals surface area contributed by atoms with Gasteiger partial charge in [-0.15, -0.1) is 0 Å². The third kappa shape index (κ3) is 3.59. The van der Waals surface area contributed by atoms with Crippen molar-refractivity contribution in [3.63, 3.8) is 0 Å². The van der Waals surface area contributed by atoms with Gasteiger partial charge in [-0.3, -0.25) is 14.5 Å². The molecular formula is C14H21N3O3. The number of carbonyl (C=O) groups is 3. The van der Waals surface area contributed by atoms with Gasteiger partial charge in [0.2, 0.25) is 5.91 Å². The van der Waals surface area contributed by atoms with Crippen molar-refractivity contribution in [2.45, 2.75) is 32.1 Å². The van der Waals surface area contributed by atoms with E-state index in [0.29, 0.717) is 6.54 Å². The number of nitrogens with one attached hydrogen (secondary N) is 1. The highest BCUT2D eigenvalue weighted by molar-refractivity contribution is 6.04. The van der Waals surface area contributed by atoms with Gasteiger partial charge in [0.05, 0.1) is 0 Å². The molecule has 0 radical (unpaired) electrons. The second kappa shape index (κ2) is 6.54. The van der Waals surface area contributed by atoms with E-state index in [2.05, 4.69) is 11.4 Å². The van der Waals surface area contributed by atoms with E-state index in [9.17, 15) is 14.4 Å². The van der Waals surface area contributed by atoms with Crippen LogP contribution in [-0.4, -0.2) is 54.3 Å². The summed E-state index contributed by atoms with van der Waals surface area (Å²) >= 11 is 0. The fraction of sp³-hybridized carbons (Fsp3) is 0.643. The van der Waals surface area contributed by atoms with Crippen LogP contribution in [0.1, 0.15) is 32.1 Å². The van der Waals surface area contributed by atoms with Crippen LogP contribution < -0.4 is 5.32 Å². The zero-order valence-corrected chi connectivity index (χ0v) is 11.9. The molecule has 0 aromatic heterocycles. The highest BCUT2D eigenvalue weighted by atomic mass is 16.2. The minimum Gasteiger partial charge on any atom is -0.354 e. The number of allylic oxidation sites excluding steroid dienone is 1. The third-order valence-electron chi connectivity index (χ3n) is 3.69. The van der Waals surface area contributed by atoms with Crippen molar-refractivity contribution in [1.29, 1.82) is 0 Å². The van der Waals surface area contributed by atoms with Crippen LogP contribution in [-0.2, 0) is 9.59 Å². The molecule has 2 rings (SSSR count). The molecule has 0 saturated carbocycles. The van der Waals surface area contributed by atoms with E-state index in [-0.39, 0.29) is 24.9 Å². The maximum absolute atomic E-state index is 11.7. The SMILES string of the molecule is CN1CC(=O)N(CC(=O)NCCC2=CCCCC2)C1=O. The Morgan fingerprint density at radius 3 is 2.75 bits per heavy atom. The van der Waals surface area contributed by atoms with Gasteiger partial charge in [-0.2, -0.15) is 0 Å². The number of rotatable bonds is 5. The lowest BCUT2D eigenvalue weighted by Crippen LogP contribution is -2.41. The summed E-state index contributed by atoms with van der Waals surface area (Å²) in [5, 5.41) is 2.77. The molecule has 2 aliphatic rings. The van der Waals surface area contributed by atoms with Gasteiger partial charge in [0.15, 0.2) is 0 Å². The molecule has 1 aliphatic heterocycles. The molecular weight excluding hydrogens is 258 g/mol. The Kier molecular flexibility index (Phi) is 4.76. The fourth-order valence-corrected chi connectivity index (χ4v) is 2.52. The molecule has 0 spiro atoms. The third-order valence-corrected chi connectivity index (χ3v) is 3.69. The zero-order chi connectivity index (χ0) is 14.5.